The van der Waals surface area contributed by atoms with Crippen LogP contribution in [0.25, 0.3) is 0 Å². The maximum absolute atomic E-state index is 12.1. The predicted octanol–water partition coefficient (Wildman–Crippen LogP) is 4.13. The smallest absolute Gasteiger partial charge is 0.170 e. The molecule has 0 atom stereocenters. The Morgan fingerprint density at radius 3 is 2.52 bits per heavy atom. The van der Waals surface area contributed by atoms with Crippen molar-refractivity contribution in [1.29, 1.82) is 5.41 Å². The van der Waals surface area contributed by atoms with Gasteiger partial charge in [-0.3, -0.25) is 10.2 Å². The Hall–Kier alpha value is -3.02. The number of carbonyl (C=O) groups excluding carboxylic acids is 1. The fourth-order valence-corrected chi connectivity index (χ4v) is 3.30. The summed E-state index contributed by atoms with van der Waals surface area (Å²) in [6.07, 6.45) is 3.94. The summed E-state index contributed by atoms with van der Waals surface area (Å²) in [5.74, 6) is 2.47. The lowest BCUT2D eigenvalue weighted by Crippen LogP contribution is -2.17. The van der Waals surface area contributed by atoms with Gasteiger partial charge in [0.1, 0.15) is 23.1 Å². The van der Waals surface area contributed by atoms with Crippen LogP contribution in [0, 0.1) is 5.41 Å². The van der Waals surface area contributed by atoms with Gasteiger partial charge in [0.25, 0.3) is 0 Å². The molecule has 0 radical (unpaired) electrons. The Balaban J connectivity index is 1.48. The number of Topliss-reactive ketones (excluding diaryl/α,β-unsaturated/α-hetero) is 1. The second-order valence-electron chi connectivity index (χ2n) is 7.03. The largest absolute Gasteiger partial charge is 0.494 e. The average Bonchev–Trinajstić information content (AvgIpc) is 2.72. The summed E-state index contributed by atoms with van der Waals surface area (Å²) in [4.78, 5) is 12.1. The van der Waals surface area contributed by atoms with E-state index in [1.807, 2.05) is 24.3 Å². The molecule has 3 rings (SSSR count). The number of ether oxygens (including phenoxy) is 3. The van der Waals surface area contributed by atoms with Crippen LogP contribution in [0.3, 0.4) is 0 Å². The molecule has 0 saturated carbocycles. The zero-order valence-corrected chi connectivity index (χ0v) is 16.8. The van der Waals surface area contributed by atoms with Crippen molar-refractivity contribution in [2.24, 2.45) is 5.73 Å². The van der Waals surface area contributed by atoms with Crippen molar-refractivity contribution in [2.45, 2.75) is 39.0 Å². The number of nitrogen functional groups attached to an aromatic ring is 1. The molecule has 0 unspecified atom stereocenters. The van der Waals surface area contributed by atoms with Gasteiger partial charge in [0, 0.05) is 17.5 Å². The van der Waals surface area contributed by atoms with E-state index in [2.05, 4.69) is 6.92 Å². The van der Waals surface area contributed by atoms with Crippen LogP contribution in [0.15, 0.2) is 36.4 Å². The van der Waals surface area contributed by atoms with Crippen molar-refractivity contribution >= 4 is 11.6 Å². The number of nitrogens with two attached hydrogens (primary N) is 1. The maximum atomic E-state index is 12.1. The first-order chi connectivity index (χ1) is 14.1. The van der Waals surface area contributed by atoms with Crippen LogP contribution >= 0.6 is 0 Å². The fourth-order valence-electron chi connectivity index (χ4n) is 3.30. The molecule has 1 heterocycles. The molecule has 6 nitrogen and oxygen atoms in total. The van der Waals surface area contributed by atoms with Crippen LogP contribution in [0.1, 0.15) is 54.1 Å². The van der Waals surface area contributed by atoms with Crippen LogP contribution < -0.4 is 19.9 Å². The first-order valence-electron chi connectivity index (χ1n) is 10.1. The number of fused-ring (bicyclic) bond motifs is 1. The van der Waals surface area contributed by atoms with E-state index in [1.54, 1.807) is 12.1 Å². The summed E-state index contributed by atoms with van der Waals surface area (Å²) in [6.45, 7) is 3.72. The van der Waals surface area contributed by atoms with Crippen LogP contribution in [0.5, 0.6) is 17.2 Å². The molecule has 0 spiro atoms. The van der Waals surface area contributed by atoms with Crippen LogP contribution in [0.4, 0.5) is 0 Å². The zero-order chi connectivity index (χ0) is 20.6. The third-order valence-electron chi connectivity index (χ3n) is 4.82. The van der Waals surface area contributed by atoms with Crippen molar-refractivity contribution < 1.29 is 19.0 Å². The first-order valence-corrected chi connectivity index (χ1v) is 10.1. The third kappa shape index (κ3) is 5.28. The molecule has 1 aliphatic heterocycles. The molecular weight excluding hydrogens is 368 g/mol. The van der Waals surface area contributed by atoms with Gasteiger partial charge in [-0.05, 0) is 55.7 Å². The Morgan fingerprint density at radius 1 is 1.10 bits per heavy atom. The van der Waals surface area contributed by atoms with Gasteiger partial charge in [0.15, 0.2) is 5.78 Å². The molecule has 0 amide bonds. The average molecular weight is 396 g/mol. The van der Waals surface area contributed by atoms with Crippen molar-refractivity contribution in [2.75, 3.05) is 19.8 Å². The van der Waals surface area contributed by atoms with Gasteiger partial charge in [-0.1, -0.05) is 13.3 Å². The number of nitrogens with one attached hydrogen (secondary N) is 1. The summed E-state index contributed by atoms with van der Waals surface area (Å²) in [5, 5.41) is 7.39. The minimum atomic E-state index is 0.0492. The van der Waals surface area contributed by atoms with Crippen molar-refractivity contribution in [3.05, 3.63) is 53.1 Å². The summed E-state index contributed by atoms with van der Waals surface area (Å²) in [6, 6.07) is 10.9. The minimum Gasteiger partial charge on any atom is -0.494 e. The number of hydrogen-bond donors (Lipinski definition) is 2. The lowest BCUT2D eigenvalue weighted by molar-refractivity contribution is 0.0932. The normalized spacial score (nSPS) is 12.8. The molecule has 0 fully saturated rings. The van der Waals surface area contributed by atoms with E-state index in [-0.39, 0.29) is 11.6 Å². The van der Waals surface area contributed by atoms with E-state index >= 15 is 0 Å². The standard InChI is InChI=1S/C23H28N2O4/c1-2-5-19-21(11-10-18-20(26)12-15-29-22(18)19)28-14-4-3-13-27-17-8-6-16(7-9-17)23(24)25/h6-11H,2-5,12-15H2,1H3,(H3,24,25). The van der Waals surface area contributed by atoms with E-state index in [0.29, 0.717) is 43.1 Å². The second-order valence-corrected chi connectivity index (χ2v) is 7.03. The van der Waals surface area contributed by atoms with Gasteiger partial charge in [0.2, 0.25) is 0 Å². The second kappa shape index (κ2) is 9.96. The number of unbranched alkanes of at least 4 members (excludes halogenated alkanes) is 1. The highest BCUT2D eigenvalue weighted by molar-refractivity contribution is 6.00. The third-order valence-corrected chi connectivity index (χ3v) is 4.82. The number of rotatable bonds is 10. The fraction of sp³-hybridized carbons (Fsp3) is 0.391. The molecule has 2 aromatic carbocycles. The molecule has 29 heavy (non-hydrogen) atoms. The molecule has 0 saturated heterocycles. The van der Waals surface area contributed by atoms with Gasteiger partial charge in [-0.2, -0.15) is 0 Å². The van der Waals surface area contributed by atoms with Crippen molar-refractivity contribution in [3.63, 3.8) is 0 Å². The SMILES string of the molecule is CCCc1c(OCCCCOc2ccc(C(=N)N)cc2)ccc2c1OCCC2=O. The van der Waals surface area contributed by atoms with E-state index in [4.69, 9.17) is 25.4 Å². The van der Waals surface area contributed by atoms with E-state index in [0.717, 1.165) is 42.7 Å². The van der Waals surface area contributed by atoms with Gasteiger partial charge < -0.3 is 19.9 Å². The van der Waals surface area contributed by atoms with Gasteiger partial charge in [0.05, 0.1) is 25.4 Å². The number of hydrogen-bond acceptors (Lipinski definition) is 5. The van der Waals surface area contributed by atoms with E-state index in [1.165, 1.54) is 0 Å². The quantitative estimate of drug-likeness (QED) is 0.358. The van der Waals surface area contributed by atoms with Crippen molar-refractivity contribution in [3.8, 4) is 17.2 Å². The zero-order valence-electron chi connectivity index (χ0n) is 16.8. The molecule has 0 bridgehead atoms. The first kappa shape index (κ1) is 20.7. The van der Waals surface area contributed by atoms with Gasteiger partial charge >= 0.3 is 0 Å². The highest BCUT2D eigenvalue weighted by Crippen LogP contribution is 2.36. The summed E-state index contributed by atoms with van der Waals surface area (Å²) < 4.78 is 17.5. The number of benzene rings is 2. The highest BCUT2D eigenvalue weighted by Gasteiger charge is 2.23. The predicted molar refractivity (Wildman–Crippen MR) is 113 cm³/mol. The molecule has 2 aromatic rings. The monoisotopic (exact) mass is 396 g/mol. The molecule has 3 N–H and O–H groups in total. The van der Waals surface area contributed by atoms with Crippen LogP contribution in [0.2, 0.25) is 0 Å². The van der Waals surface area contributed by atoms with Gasteiger partial charge in [-0.25, -0.2) is 0 Å². The lowest BCUT2D eigenvalue weighted by atomic mass is 9.98. The Kier molecular flexibility index (Phi) is 7.11. The number of ketones is 1. The number of amidine groups is 1. The Morgan fingerprint density at radius 2 is 1.83 bits per heavy atom. The topological polar surface area (TPSA) is 94.6 Å². The van der Waals surface area contributed by atoms with E-state index in [9.17, 15) is 4.79 Å². The number of carbonyl (C=O) groups is 1. The minimum absolute atomic E-state index is 0.0492. The molecule has 154 valence electrons. The molecule has 0 aromatic heterocycles. The van der Waals surface area contributed by atoms with Crippen molar-refractivity contribution in [1.82, 2.24) is 0 Å². The maximum Gasteiger partial charge on any atom is 0.170 e. The summed E-state index contributed by atoms with van der Waals surface area (Å²) in [5.41, 5.74) is 7.81. The van der Waals surface area contributed by atoms with Gasteiger partial charge in [-0.15, -0.1) is 0 Å². The van der Waals surface area contributed by atoms with E-state index < -0.39 is 0 Å². The van der Waals surface area contributed by atoms with Crippen LogP contribution in [-0.4, -0.2) is 31.4 Å². The van der Waals surface area contributed by atoms with Crippen LogP contribution in [-0.2, 0) is 6.42 Å². The Bertz CT molecular complexity index is 862. The highest BCUT2D eigenvalue weighted by atomic mass is 16.5. The Labute approximate surface area is 171 Å². The molecule has 1 aliphatic rings. The molecule has 6 heteroatoms. The summed E-state index contributed by atoms with van der Waals surface area (Å²) >= 11 is 0. The molecule has 0 aliphatic carbocycles. The summed E-state index contributed by atoms with van der Waals surface area (Å²) in [7, 11) is 0. The lowest BCUT2D eigenvalue weighted by Gasteiger charge is -2.22. The molecular formula is C23H28N2O4.